The van der Waals surface area contributed by atoms with E-state index in [-0.39, 0.29) is 28.4 Å². The van der Waals surface area contributed by atoms with Gasteiger partial charge in [0.2, 0.25) is 0 Å². The van der Waals surface area contributed by atoms with E-state index in [0.29, 0.717) is 5.82 Å². The van der Waals surface area contributed by atoms with Gasteiger partial charge in [-0.1, -0.05) is 217 Å². The van der Waals surface area contributed by atoms with Crippen molar-refractivity contribution < 1.29 is 0 Å². The van der Waals surface area contributed by atoms with Gasteiger partial charge in [-0.3, -0.25) is 0 Å². The smallest absolute Gasteiger partial charge is 0.252 e. The minimum Gasteiger partial charge on any atom is -0.311 e. The van der Waals surface area contributed by atoms with Crippen LogP contribution < -0.4 is 26.2 Å². The third kappa shape index (κ3) is 8.61. The highest BCUT2D eigenvalue weighted by atomic mass is 15.2. The van der Waals surface area contributed by atoms with E-state index in [4.69, 9.17) is 9.97 Å². The number of fused-ring (bicyclic) bond motifs is 6. The first-order valence-corrected chi connectivity index (χ1v) is 26.8. The van der Waals surface area contributed by atoms with E-state index >= 15 is 0 Å². The van der Waals surface area contributed by atoms with Crippen LogP contribution in [0.4, 0.5) is 34.1 Å². The van der Waals surface area contributed by atoms with Crippen molar-refractivity contribution in [2.75, 3.05) is 9.80 Å². The van der Waals surface area contributed by atoms with Crippen molar-refractivity contribution in [3.05, 3.63) is 210 Å². The molecule has 5 heteroatoms. The number of rotatable bonds is 5. The summed E-state index contributed by atoms with van der Waals surface area (Å²) >= 11 is 0. The molecule has 9 aromatic carbocycles. The standard InChI is InChI=1S/C70H67BN4/c1-67(2,3)51-37-52(68(4,5)6)40-55(39-51)74-61-33-48-29-21-19-27-46(48)31-57(61)71-58-32-47-28-20-22-30-49(47)34-62(58)75(56-41-53(69(7,8)9)38-54(42-56)70(10,11)12)64-36-50(35-63(74)65(64)71)60-43-59(44-23-15-13-16-24-44)72-66(73-60)45-25-17-14-18-26-45/h13-43H,1-12H3. The van der Waals surface area contributed by atoms with E-state index in [1.54, 1.807) is 0 Å². The average molecular weight is 975 g/mol. The highest BCUT2D eigenvalue weighted by Crippen LogP contribution is 2.49. The number of nitrogens with zero attached hydrogens (tertiary/aromatic N) is 4. The molecule has 12 rings (SSSR count). The molecule has 1 aromatic heterocycles. The van der Waals surface area contributed by atoms with Crippen LogP contribution in [0.1, 0.15) is 105 Å². The molecule has 0 saturated heterocycles. The predicted octanol–water partition coefficient (Wildman–Crippen LogP) is 17.1. The first-order chi connectivity index (χ1) is 35.7. The van der Waals surface area contributed by atoms with Crippen LogP contribution >= 0.6 is 0 Å². The quantitative estimate of drug-likeness (QED) is 0.161. The predicted molar refractivity (Wildman–Crippen MR) is 322 cm³/mol. The van der Waals surface area contributed by atoms with E-state index in [1.165, 1.54) is 71.6 Å². The van der Waals surface area contributed by atoms with Crippen molar-refractivity contribution in [2.24, 2.45) is 0 Å². The molecule has 0 spiro atoms. The zero-order valence-corrected chi connectivity index (χ0v) is 45.8. The lowest BCUT2D eigenvalue weighted by Gasteiger charge is -2.45. The first-order valence-electron chi connectivity index (χ1n) is 26.8. The van der Waals surface area contributed by atoms with Crippen molar-refractivity contribution in [3.8, 4) is 33.9 Å². The molecule has 0 atom stereocenters. The monoisotopic (exact) mass is 975 g/mol. The van der Waals surface area contributed by atoms with Gasteiger partial charge in [0.25, 0.3) is 6.71 Å². The summed E-state index contributed by atoms with van der Waals surface area (Å²) in [4.78, 5) is 16.1. The Kier molecular flexibility index (Phi) is 11.2. The molecule has 0 radical (unpaired) electrons. The van der Waals surface area contributed by atoms with E-state index < -0.39 is 0 Å². The van der Waals surface area contributed by atoms with Gasteiger partial charge in [0.05, 0.1) is 11.4 Å². The van der Waals surface area contributed by atoms with Crippen molar-refractivity contribution in [2.45, 2.75) is 105 Å². The fourth-order valence-electron chi connectivity index (χ4n) is 11.4. The van der Waals surface area contributed by atoms with Gasteiger partial charge in [0.15, 0.2) is 5.82 Å². The van der Waals surface area contributed by atoms with Crippen molar-refractivity contribution >= 4 is 78.8 Å². The molecule has 10 aromatic rings. The number of benzene rings is 9. The molecule has 4 nitrogen and oxygen atoms in total. The van der Waals surface area contributed by atoms with Crippen molar-refractivity contribution in [1.82, 2.24) is 9.97 Å². The normalized spacial score (nSPS) is 13.5. The fraction of sp³-hybridized carbons (Fsp3) is 0.229. The first kappa shape index (κ1) is 48.2. The van der Waals surface area contributed by atoms with Crippen LogP contribution in [0, 0.1) is 0 Å². The Balaban J connectivity index is 1.27. The lowest BCUT2D eigenvalue weighted by atomic mass is 9.33. The van der Waals surface area contributed by atoms with Crippen LogP contribution in [-0.4, -0.2) is 16.7 Å². The second-order valence-corrected chi connectivity index (χ2v) is 25.3. The van der Waals surface area contributed by atoms with Crippen LogP contribution in [0.25, 0.3) is 55.4 Å². The fourth-order valence-corrected chi connectivity index (χ4v) is 11.4. The molecule has 75 heavy (non-hydrogen) atoms. The summed E-state index contributed by atoms with van der Waals surface area (Å²) in [7, 11) is 0. The van der Waals surface area contributed by atoms with Crippen molar-refractivity contribution in [3.63, 3.8) is 0 Å². The molecule has 3 heterocycles. The van der Waals surface area contributed by atoms with Gasteiger partial charge in [-0.2, -0.15) is 0 Å². The topological polar surface area (TPSA) is 32.3 Å². The van der Waals surface area contributed by atoms with E-state index in [0.717, 1.165) is 50.8 Å². The Bertz CT molecular complexity index is 3570. The molecule has 0 amide bonds. The number of anilines is 6. The zero-order chi connectivity index (χ0) is 52.3. The number of aromatic nitrogens is 2. The summed E-state index contributed by atoms with van der Waals surface area (Å²) in [6.07, 6.45) is 0. The largest absolute Gasteiger partial charge is 0.311 e. The van der Waals surface area contributed by atoms with Gasteiger partial charge in [-0.15, -0.1) is 0 Å². The minimum atomic E-state index is -0.107. The Labute approximate surface area is 445 Å². The molecule has 0 saturated carbocycles. The van der Waals surface area contributed by atoms with Crippen LogP contribution in [0.15, 0.2) is 188 Å². The maximum atomic E-state index is 5.56. The molecule has 0 unspecified atom stereocenters. The Morgan fingerprint density at radius 3 is 1.05 bits per heavy atom. The zero-order valence-electron chi connectivity index (χ0n) is 45.8. The maximum Gasteiger partial charge on any atom is 0.252 e. The molecule has 0 bridgehead atoms. The third-order valence-corrected chi connectivity index (χ3v) is 15.7. The van der Waals surface area contributed by atoms with Gasteiger partial charge >= 0.3 is 0 Å². The molecule has 0 aliphatic carbocycles. The lowest BCUT2D eigenvalue weighted by molar-refractivity contribution is 0.568. The summed E-state index contributed by atoms with van der Waals surface area (Å²) in [5.74, 6) is 0.693. The van der Waals surface area contributed by atoms with Crippen molar-refractivity contribution in [1.29, 1.82) is 0 Å². The van der Waals surface area contributed by atoms with Crippen LogP contribution in [0.3, 0.4) is 0 Å². The molecular weight excluding hydrogens is 908 g/mol. The van der Waals surface area contributed by atoms with Gasteiger partial charge in [-0.25, -0.2) is 9.97 Å². The van der Waals surface area contributed by atoms with Gasteiger partial charge in [0.1, 0.15) is 0 Å². The maximum absolute atomic E-state index is 5.56. The van der Waals surface area contributed by atoms with E-state index in [1.807, 2.05) is 0 Å². The Morgan fingerprint density at radius 1 is 0.320 bits per heavy atom. The summed E-state index contributed by atoms with van der Waals surface area (Å²) in [5.41, 5.74) is 20.4. The summed E-state index contributed by atoms with van der Waals surface area (Å²) in [5, 5.41) is 4.89. The SMILES string of the molecule is CC(C)(C)c1cc(N2c3cc4ccccc4cc3B3c4cc5ccccc5cc4N(c4cc(C(C)(C)C)cc(C(C)(C)C)c4)c4cc(-c5cc(-c6ccccc6)nc(-c6ccccc6)n5)cc2c43)cc(C(C)(C)C)c1. The van der Waals surface area contributed by atoms with Crippen LogP contribution in [-0.2, 0) is 21.7 Å². The average Bonchev–Trinajstić information content (AvgIpc) is 3.42. The molecule has 2 aliphatic heterocycles. The second kappa shape index (κ2) is 17.4. The molecule has 0 fully saturated rings. The molecule has 2 aliphatic rings. The second-order valence-electron chi connectivity index (χ2n) is 25.3. The highest BCUT2D eigenvalue weighted by molar-refractivity contribution is 7.00. The molecule has 0 N–H and O–H groups in total. The van der Waals surface area contributed by atoms with Gasteiger partial charge in [0, 0.05) is 50.8 Å². The number of hydrogen-bond donors (Lipinski definition) is 0. The summed E-state index contributed by atoms with van der Waals surface area (Å²) in [6.45, 7) is 28.0. The molecular formula is C70H67BN4. The Hall–Kier alpha value is -7.76. The summed E-state index contributed by atoms with van der Waals surface area (Å²) < 4.78 is 0. The van der Waals surface area contributed by atoms with Gasteiger partial charge < -0.3 is 9.80 Å². The molecule has 370 valence electrons. The van der Waals surface area contributed by atoms with Crippen LogP contribution in [0.5, 0.6) is 0 Å². The third-order valence-electron chi connectivity index (χ3n) is 15.7. The summed E-state index contributed by atoms with van der Waals surface area (Å²) in [6, 6.07) is 70.5. The highest BCUT2D eigenvalue weighted by Gasteiger charge is 2.45. The Morgan fingerprint density at radius 2 is 0.667 bits per heavy atom. The number of hydrogen-bond acceptors (Lipinski definition) is 4. The minimum absolute atomic E-state index is 0.0957. The lowest BCUT2D eigenvalue weighted by Crippen LogP contribution is -2.61. The van der Waals surface area contributed by atoms with Crippen LogP contribution in [0.2, 0.25) is 0 Å². The van der Waals surface area contributed by atoms with Gasteiger partial charge in [-0.05, 0) is 136 Å². The van der Waals surface area contributed by atoms with E-state index in [2.05, 4.69) is 281 Å². The van der Waals surface area contributed by atoms with E-state index in [9.17, 15) is 0 Å².